The number of amides is 2. The van der Waals surface area contributed by atoms with Crippen molar-refractivity contribution < 1.29 is 24.4 Å². The summed E-state index contributed by atoms with van der Waals surface area (Å²) < 4.78 is 0. The lowest BCUT2D eigenvalue weighted by Gasteiger charge is -2.12. The number of anilines is 1. The fourth-order valence-electron chi connectivity index (χ4n) is 2.77. The molecule has 0 spiro atoms. The number of non-ortho nitro benzene ring substituents is 1. The lowest BCUT2D eigenvalue weighted by molar-refractivity contribution is -0.384. The van der Waals surface area contributed by atoms with Gasteiger partial charge in [-0.3, -0.25) is 19.7 Å². The number of carboxylic acids is 1. The number of hydrogen-bond donors (Lipinski definition) is 3. The van der Waals surface area contributed by atoms with Crippen LogP contribution in [-0.4, -0.2) is 27.8 Å². The van der Waals surface area contributed by atoms with Gasteiger partial charge in [0.1, 0.15) is 5.70 Å². The summed E-state index contributed by atoms with van der Waals surface area (Å²) in [6.07, 6.45) is 1.44. The van der Waals surface area contributed by atoms with Crippen molar-refractivity contribution in [1.82, 2.24) is 5.32 Å². The topological polar surface area (TPSA) is 139 Å². The van der Waals surface area contributed by atoms with Crippen LogP contribution < -0.4 is 10.6 Å². The highest BCUT2D eigenvalue weighted by atomic mass is 16.6. The molecule has 0 atom stereocenters. The van der Waals surface area contributed by atoms with Gasteiger partial charge in [-0.2, -0.15) is 0 Å². The summed E-state index contributed by atoms with van der Waals surface area (Å²) >= 11 is 0. The summed E-state index contributed by atoms with van der Waals surface area (Å²) in [5.74, 6) is -2.70. The van der Waals surface area contributed by atoms with Crippen LogP contribution in [0.2, 0.25) is 0 Å². The lowest BCUT2D eigenvalue weighted by Crippen LogP contribution is -2.30. The van der Waals surface area contributed by atoms with E-state index in [2.05, 4.69) is 10.6 Å². The van der Waals surface area contributed by atoms with Crippen LogP contribution in [0.3, 0.4) is 0 Å². The van der Waals surface area contributed by atoms with Gasteiger partial charge in [0.25, 0.3) is 17.5 Å². The molecule has 0 aliphatic heterocycles. The van der Waals surface area contributed by atoms with E-state index in [-0.39, 0.29) is 16.9 Å². The van der Waals surface area contributed by atoms with E-state index in [4.69, 9.17) is 0 Å². The Morgan fingerprint density at radius 1 is 0.875 bits per heavy atom. The predicted molar refractivity (Wildman–Crippen MR) is 117 cm³/mol. The summed E-state index contributed by atoms with van der Waals surface area (Å²) in [6, 6.07) is 20.0. The first-order chi connectivity index (χ1) is 15.3. The molecule has 9 heteroatoms. The molecule has 160 valence electrons. The van der Waals surface area contributed by atoms with Crippen LogP contribution in [0, 0.1) is 10.1 Å². The van der Waals surface area contributed by atoms with E-state index in [1.165, 1.54) is 6.08 Å². The molecule has 0 aliphatic rings. The molecule has 0 radical (unpaired) electrons. The molecule has 0 unspecified atom stereocenters. The Hall–Kier alpha value is -4.79. The standard InChI is InChI=1S/C23H17N3O6/c27-21(16-9-5-2-6-10-16)25-20(11-15-7-3-1-4-8-15)22(28)24-18-12-17(23(29)30)13-19(14-18)26(31)32/h1-14H,(H,24,28)(H,25,27)(H,29,30)/b20-11+. The number of hydrogen-bond acceptors (Lipinski definition) is 5. The number of nitro benzene ring substituents is 1. The van der Waals surface area contributed by atoms with Gasteiger partial charge in [0.2, 0.25) is 0 Å². The van der Waals surface area contributed by atoms with Gasteiger partial charge >= 0.3 is 5.97 Å². The number of nitrogens with zero attached hydrogens (tertiary/aromatic N) is 1. The second-order valence-electron chi connectivity index (χ2n) is 6.57. The first-order valence-corrected chi connectivity index (χ1v) is 9.31. The van der Waals surface area contributed by atoms with Crippen molar-refractivity contribution in [3.05, 3.63) is 111 Å². The van der Waals surface area contributed by atoms with Gasteiger partial charge in [0, 0.05) is 23.4 Å². The van der Waals surface area contributed by atoms with Crippen molar-refractivity contribution in [2.75, 3.05) is 5.32 Å². The van der Waals surface area contributed by atoms with E-state index in [1.54, 1.807) is 60.7 Å². The molecule has 3 N–H and O–H groups in total. The third-order valence-corrected chi connectivity index (χ3v) is 4.27. The second-order valence-corrected chi connectivity index (χ2v) is 6.57. The van der Waals surface area contributed by atoms with E-state index in [9.17, 15) is 29.6 Å². The molecule has 9 nitrogen and oxygen atoms in total. The van der Waals surface area contributed by atoms with Crippen LogP contribution in [0.15, 0.2) is 84.6 Å². The van der Waals surface area contributed by atoms with Crippen molar-refractivity contribution in [2.24, 2.45) is 0 Å². The summed E-state index contributed by atoms with van der Waals surface area (Å²) in [7, 11) is 0. The van der Waals surface area contributed by atoms with Gasteiger partial charge in [-0.25, -0.2) is 4.79 Å². The molecule has 0 saturated heterocycles. The normalized spacial score (nSPS) is 10.8. The van der Waals surface area contributed by atoms with Gasteiger partial charge in [-0.05, 0) is 29.8 Å². The SMILES string of the molecule is O=C(Nc1cc(C(=O)O)cc([N+](=O)[O-])c1)/C(=C\c1ccccc1)NC(=O)c1ccccc1. The monoisotopic (exact) mass is 431 g/mol. The largest absolute Gasteiger partial charge is 0.478 e. The molecule has 0 saturated carbocycles. The predicted octanol–water partition coefficient (Wildman–Crippen LogP) is 3.70. The Bertz CT molecular complexity index is 1170. The van der Waals surface area contributed by atoms with Gasteiger partial charge in [-0.15, -0.1) is 0 Å². The minimum atomic E-state index is -1.39. The second kappa shape index (κ2) is 9.81. The fourth-order valence-corrected chi connectivity index (χ4v) is 2.77. The minimum Gasteiger partial charge on any atom is -0.478 e. The summed E-state index contributed by atoms with van der Waals surface area (Å²) in [4.78, 5) is 47.2. The van der Waals surface area contributed by atoms with Crippen molar-refractivity contribution in [2.45, 2.75) is 0 Å². The average molecular weight is 431 g/mol. The van der Waals surface area contributed by atoms with Gasteiger partial charge < -0.3 is 15.7 Å². The number of carbonyl (C=O) groups is 3. The first kappa shape index (κ1) is 21.9. The zero-order valence-corrected chi connectivity index (χ0v) is 16.5. The molecule has 3 rings (SSSR count). The number of benzene rings is 3. The fraction of sp³-hybridized carbons (Fsp3) is 0. The Kier molecular flexibility index (Phi) is 6.72. The zero-order valence-electron chi connectivity index (χ0n) is 16.5. The number of carboxylic acid groups (broad SMARTS) is 1. The number of nitro groups is 1. The van der Waals surface area contributed by atoms with E-state index in [0.717, 1.165) is 18.2 Å². The van der Waals surface area contributed by atoms with Crippen LogP contribution in [-0.2, 0) is 4.79 Å². The number of aromatic carboxylic acids is 1. The van der Waals surface area contributed by atoms with Crippen molar-refractivity contribution in [3.63, 3.8) is 0 Å². The van der Waals surface area contributed by atoms with Crippen LogP contribution in [0.4, 0.5) is 11.4 Å². The maximum atomic E-state index is 12.9. The molecule has 2 amide bonds. The smallest absolute Gasteiger partial charge is 0.336 e. The summed E-state index contributed by atoms with van der Waals surface area (Å²) in [5, 5.41) is 25.3. The average Bonchev–Trinajstić information content (AvgIpc) is 2.79. The Labute approximate surface area is 182 Å². The molecule has 3 aromatic carbocycles. The highest BCUT2D eigenvalue weighted by molar-refractivity contribution is 6.11. The van der Waals surface area contributed by atoms with Crippen LogP contribution >= 0.6 is 0 Å². The molecular weight excluding hydrogens is 414 g/mol. The van der Waals surface area contributed by atoms with E-state index < -0.39 is 28.4 Å². The van der Waals surface area contributed by atoms with Crippen molar-refractivity contribution in [1.29, 1.82) is 0 Å². The minimum absolute atomic E-state index is 0.102. The van der Waals surface area contributed by atoms with Gasteiger partial charge in [0.05, 0.1) is 10.5 Å². The summed E-state index contributed by atoms with van der Waals surface area (Å²) in [5.41, 5.74) is -0.152. The molecule has 0 heterocycles. The number of rotatable bonds is 7. The van der Waals surface area contributed by atoms with E-state index in [0.29, 0.717) is 11.1 Å². The maximum absolute atomic E-state index is 12.9. The molecular formula is C23H17N3O6. The van der Waals surface area contributed by atoms with Crippen LogP contribution in [0.5, 0.6) is 0 Å². The van der Waals surface area contributed by atoms with E-state index in [1.807, 2.05) is 0 Å². The first-order valence-electron chi connectivity index (χ1n) is 9.31. The van der Waals surface area contributed by atoms with Crippen LogP contribution in [0.25, 0.3) is 6.08 Å². The zero-order chi connectivity index (χ0) is 23.1. The van der Waals surface area contributed by atoms with Gasteiger partial charge in [0.15, 0.2) is 0 Å². The van der Waals surface area contributed by atoms with Crippen LogP contribution in [0.1, 0.15) is 26.3 Å². The van der Waals surface area contributed by atoms with Crippen molar-refractivity contribution >= 4 is 35.2 Å². The Morgan fingerprint density at radius 2 is 1.50 bits per heavy atom. The number of carbonyl (C=O) groups excluding carboxylic acids is 2. The highest BCUT2D eigenvalue weighted by Crippen LogP contribution is 2.22. The number of nitrogens with one attached hydrogen (secondary N) is 2. The molecule has 0 aromatic heterocycles. The third kappa shape index (κ3) is 5.63. The Balaban J connectivity index is 1.94. The molecule has 32 heavy (non-hydrogen) atoms. The van der Waals surface area contributed by atoms with E-state index >= 15 is 0 Å². The third-order valence-electron chi connectivity index (χ3n) is 4.27. The molecule has 0 aliphatic carbocycles. The summed E-state index contributed by atoms with van der Waals surface area (Å²) in [6.45, 7) is 0. The maximum Gasteiger partial charge on any atom is 0.336 e. The molecule has 0 fully saturated rings. The van der Waals surface area contributed by atoms with Gasteiger partial charge in [-0.1, -0.05) is 48.5 Å². The molecule has 0 bridgehead atoms. The highest BCUT2D eigenvalue weighted by Gasteiger charge is 2.18. The lowest BCUT2D eigenvalue weighted by atomic mass is 10.1. The Morgan fingerprint density at radius 3 is 2.09 bits per heavy atom. The van der Waals surface area contributed by atoms with Crippen molar-refractivity contribution in [3.8, 4) is 0 Å². The quantitative estimate of drug-likeness (QED) is 0.296. The molecule has 3 aromatic rings.